The quantitative estimate of drug-likeness (QED) is 0.203. The molecule has 3 nitrogen and oxygen atoms in total. The maximum atomic E-state index is 5.08. The van der Waals surface area contributed by atoms with Crippen LogP contribution in [0.2, 0.25) is 0 Å². The van der Waals surface area contributed by atoms with Crippen LogP contribution in [-0.2, 0) is 5.41 Å². The fraction of sp³-hybridized carbons (Fsp3) is 0.0227. The molecule has 0 saturated heterocycles. The van der Waals surface area contributed by atoms with Crippen molar-refractivity contribution in [2.24, 2.45) is 0 Å². The Morgan fingerprint density at radius 1 is 0.362 bits per heavy atom. The number of hydrogen-bond donors (Lipinski definition) is 0. The van der Waals surface area contributed by atoms with Crippen molar-refractivity contribution in [3.8, 4) is 56.4 Å². The molecule has 1 atom stereocenters. The molecule has 2 aliphatic carbocycles. The van der Waals surface area contributed by atoms with Crippen LogP contribution in [0.3, 0.4) is 0 Å². The lowest BCUT2D eigenvalue weighted by Crippen LogP contribution is -2.31. The van der Waals surface area contributed by atoms with E-state index in [1.165, 1.54) is 55.3 Å². The summed E-state index contributed by atoms with van der Waals surface area (Å²) < 4.78 is 0. The van der Waals surface area contributed by atoms with Gasteiger partial charge < -0.3 is 0 Å². The zero-order valence-electron chi connectivity index (χ0n) is 25.4. The third-order valence-corrected chi connectivity index (χ3v) is 9.92. The lowest BCUT2D eigenvalue weighted by molar-refractivity contribution is 0.773. The van der Waals surface area contributed by atoms with Gasteiger partial charge in [0.25, 0.3) is 0 Å². The van der Waals surface area contributed by atoms with Crippen molar-refractivity contribution in [3.05, 3.63) is 186 Å². The highest BCUT2D eigenvalue weighted by molar-refractivity contribution is 6.11. The summed E-state index contributed by atoms with van der Waals surface area (Å²) in [6.45, 7) is 0. The largest absolute Gasteiger partial charge is 0.208 e. The van der Waals surface area contributed by atoms with Gasteiger partial charge in [-0.15, -0.1) is 0 Å². The maximum absolute atomic E-state index is 5.08. The molecule has 1 heterocycles. The van der Waals surface area contributed by atoms with Crippen LogP contribution in [0.15, 0.2) is 164 Å². The zero-order valence-corrected chi connectivity index (χ0v) is 25.4. The fourth-order valence-electron chi connectivity index (χ4n) is 7.99. The van der Waals surface area contributed by atoms with E-state index in [-0.39, 0.29) is 0 Å². The first-order valence-electron chi connectivity index (χ1n) is 16.0. The molecule has 0 radical (unpaired) electrons. The summed E-state index contributed by atoms with van der Waals surface area (Å²) in [6.07, 6.45) is 0. The molecule has 3 heteroatoms. The van der Waals surface area contributed by atoms with E-state index in [1.807, 2.05) is 36.4 Å². The molecule has 1 aromatic heterocycles. The number of hydrogen-bond acceptors (Lipinski definition) is 3. The molecule has 0 amide bonds. The highest BCUT2D eigenvalue weighted by atomic mass is 15.0. The van der Waals surface area contributed by atoms with Crippen LogP contribution in [0.1, 0.15) is 22.3 Å². The third kappa shape index (κ3) is 3.65. The first-order chi connectivity index (χ1) is 23.3. The van der Waals surface area contributed by atoms with Crippen LogP contribution in [0.25, 0.3) is 67.2 Å². The van der Waals surface area contributed by atoms with Gasteiger partial charge in [-0.25, -0.2) is 15.0 Å². The second kappa shape index (κ2) is 9.90. The standard InChI is InChI=1S/C44H27N3/c1-4-13-29(14-5-1)41-45-42(30-15-6-2-7-16-30)47-43(46-41)31-24-26-38-36(27-31)34-21-12-17-28-23-25-35-33-20-10-11-22-37(33)44(38,40(35)39(28)34)32-18-8-3-9-19-32/h1-27H. The summed E-state index contributed by atoms with van der Waals surface area (Å²) >= 11 is 0. The van der Waals surface area contributed by atoms with Crippen molar-refractivity contribution in [1.29, 1.82) is 0 Å². The van der Waals surface area contributed by atoms with Crippen molar-refractivity contribution in [2.75, 3.05) is 0 Å². The average Bonchev–Trinajstić information content (AvgIpc) is 3.47. The molecule has 10 rings (SSSR count). The van der Waals surface area contributed by atoms with Crippen molar-refractivity contribution in [3.63, 3.8) is 0 Å². The Balaban J connectivity index is 1.29. The summed E-state index contributed by atoms with van der Waals surface area (Å²) in [7, 11) is 0. The summed E-state index contributed by atoms with van der Waals surface area (Å²) in [5.74, 6) is 1.98. The molecule has 2 aliphatic rings. The number of benzene rings is 7. The number of aromatic nitrogens is 3. The highest BCUT2D eigenvalue weighted by Crippen LogP contribution is 2.63. The highest BCUT2D eigenvalue weighted by Gasteiger charge is 2.50. The Bertz CT molecular complexity index is 2450. The van der Waals surface area contributed by atoms with Crippen LogP contribution in [-0.4, -0.2) is 15.0 Å². The van der Waals surface area contributed by atoms with Crippen molar-refractivity contribution >= 4 is 10.8 Å². The van der Waals surface area contributed by atoms with Crippen molar-refractivity contribution in [2.45, 2.75) is 5.41 Å². The SMILES string of the molecule is c1ccc(-c2nc(-c3ccccc3)nc(-c3ccc4c(c3)-c3cccc5ccc6c(c35)C4(c3ccccc3)c3ccccc3-6)n2)cc1. The van der Waals surface area contributed by atoms with Crippen molar-refractivity contribution in [1.82, 2.24) is 15.0 Å². The Labute approximate surface area is 272 Å². The Morgan fingerprint density at radius 2 is 0.936 bits per heavy atom. The van der Waals surface area contributed by atoms with Gasteiger partial charge in [-0.05, 0) is 61.3 Å². The molecule has 0 N–H and O–H groups in total. The molecule has 218 valence electrons. The van der Waals surface area contributed by atoms with Crippen LogP contribution in [0.5, 0.6) is 0 Å². The summed E-state index contributed by atoms with van der Waals surface area (Å²) in [5.41, 5.74) is 12.8. The van der Waals surface area contributed by atoms with E-state index >= 15 is 0 Å². The van der Waals surface area contributed by atoms with Gasteiger partial charge in [0.15, 0.2) is 17.5 Å². The minimum atomic E-state index is -0.446. The molecule has 0 fully saturated rings. The van der Waals surface area contributed by atoms with E-state index in [0.717, 1.165) is 16.7 Å². The topological polar surface area (TPSA) is 38.7 Å². The van der Waals surface area contributed by atoms with E-state index in [0.29, 0.717) is 17.5 Å². The Morgan fingerprint density at radius 3 is 1.64 bits per heavy atom. The molecule has 0 bridgehead atoms. The number of rotatable bonds is 4. The van der Waals surface area contributed by atoms with Crippen LogP contribution < -0.4 is 0 Å². The first kappa shape index (κ1) is 26.1. The minimum Gasteiger partial charge on any atom is -0.208 e. The predicted molar refractivity (Wildman–Crippen MR) is 190 cm³/mol. The fourth-order valence-corrected chi connectivity index (χ4v) is 7.99. The lowest BCUT2D eigenvalue weighted by Gasteiger charge is -2.39. The van der Waals surface area contributed by atoms with Crippen molar-refractivity contribution < 1.29 is 0 Å². The lowest BCUT2D eigenvalue weighted by atomic mass is 9.61. The molecule has 0 spiro atoms. The van der Waals surface area contributed by atoms with Gasteiger partial charge in [0, 0.05) is 16.7 Å². The molecule has 0 saturated carbocycles. The zero-order chi connectivity index (χ0) is 31.0. The van der Waals surface area contributed by atoms with Gasteiger partial charge in [-0.1, -0.05) is 158 Å². The van der Waals surface area contributed by atoms with Crippen LogP contribution >= 0.6 is 0 Å². The van der Waals surface area contributed by atoms with Crippen LogP contribution in [0.4, 0.5) is 0 Å². The normalized spacial score (nSPS) is 15.3. The molecule has 7 aromatic carbocycles. The molecule has 47 heavy (non-hydrogen) atoms. The monoisotopic (exact) mass is 597 g/mol. The summed E-state index contributed by atoms with van der Waals surface area (Å²) in [4.78, 5) is 15.1. The second-order valence-corrected chi connectivity index (χ2v) is 12.4. The van der Waals surface area contributed by atoms with Gasteiger partial charge in [0.2, 0.25) is 0 Å². The Hall–Kier alpha value is -6.19. The third-order valence-electron chi connectivity index (χ3n) is 9.92. The molecule has 1 unspecified atom stereocenters. The second-order valence-electron chi connectivity index (χ2n) is 12.4. The van der Waals surface area contributed by atoms with Gasteiger partial charge in [0.1, 0.15) is 0 Å². The number of nitrogens with zero attached hydrogens (tertiary/aromatic N) is 3. The first-order valence-corrected chi connectivity index (χ1v) is 16.0. The van der Waals surface area contributed by atoms with E-state index in [4.69, 9.17) is 15.0 Å². The van der Waals surface area contributed by atoms with E-state index in [2.05, 4.69) is 127 Å². The maximum Gasteiger partial charge on any atom is 0.164 e. The van der Waals surface area contributed by atoms with E-state index in [1.54, 1.807) is 0 Å². The summed E-state index contributed by atoms with van der Waals surface area (Å²) in [5, 5.41) is 2.57. The summed E-state index contributed by atoms with van der Waals surface area (Å²) in [6, 6.07) is 58.5. The smallest absolute Gasteiger partial charge is 0.164 e. The molecule has 0 aliphatic heterocycles. The minimum absolute atomic E-state index is 0.446. The average molecular weight is 598 g/mol. The Kier molecular flexibility index (Phi) is 5.49. The van der Waals surface area contributed by atoms with Gasteiger partial charge in [0.05, 0.1) is 5.41 Å². The molecular formula is C44H27N3. The number of fused-ring (bicyclic) bond motifs is 6. The van der Waals surface area contributed by atoms with Gasteiger partial charge in [-0.2, -0.15) is 0 Å². The predicted octanol–water partition coefficient (Wildman–Crippen LogP) is 10.4. The van der Waals surface area contributed by atoms with E-state index in [9.17, 15) is 0 Å². The van der Waals surface area contributed by atoms with E-state index < -0.39 is 5.41 Å². The molecular weight excluding hydrogens is 571 g/mol. The van der Waals surface area contributed by atoms with Gasteiger partial charge in [-0.3, -0.25) is 0 Å². The van der Waals surface area contributed by atoms with Crippen LogP contribution in [0, 0.1) is 0 Å². The molecule has 8 aromatic rings. The van der Waals surface area contributed by atoms with Gasteiger partial charge >= 0.3 is 0 Å².